The molecule has 1 aliphatic heterocycles. The van der Waals surface area contributed by atoms with Gasteiger partial charge in [0.1, 0.15) is 0 Å². The maximum Gasteiger partial charge on any atom is 0.328 e. The summed E-state index contributed by atoms with van der Waals surface area (Å²) in [5.74, 6) is -0.286. The van der Waals surface area contributed by atoms with Gasteiger partial charge in [0.2, 0.25) is 5.95 Å². The van der Waals surface area contributed by atoms with Gasteiger partial charge in [-0.15, -0.1) is 0 Å². The molecule has 1 N–H and O–H groups in total. The second-order valence-corrected chi connectivity index (χ2v) is 3.65. The van der Waals surface area contributed by atoms with Gasteiger partial charge in [0.05, 0.1) is 5.69 Å². The zero-order chi connectivity index (χ0) is 11.4. The molecule has 0 bridgehead atoms. The second-order valence-electron chi connectivity index (χ2n) is 3.65. The molecule has 0 saturated carbocycles. The fourth-order valence-electron chi connectivity index (χ4n) is 1.68. The normalized spacial score (nSPS) is 15.9. The number of carboxylic acids is 1. The van der Waals surface area contributed by atoms with Crippen LogP contribution >= 0.6 is 0 Å². The summed E-state index contributed by atoms with van der Waals surface area (Å²) in [6.45, 7) is 1.96. The summed E-state index contributed by atoms with van der Waals surface area (Å²) < 4.78 is 0. The van der Waals surface area contributed by atoms with Gasteiger partial charge in [0.15, 0.2) is 0 Å². The van der Waals surface area contributed by atoms with Gasteiger partial charge in [-0.25, -0.2) is 14.8 Å². The Balaban J connectivity index is 2.15. The van der Waals surface area contributed by atoms with E-state index in [0.29, 0.717) is 11.6 Å². The van der Waals surface area contributed by atoms with Crippen LogP contribution in [0.25, 0.3) is 6.08 Å². The lowest BCUT2D eigenvalue weighted by atomic mass is 10.3. The molecular formula is C11H13N3O2. The molecule has 5 heteroatoms. The lowest BCUT2D eigenvalue weighted by molar-refractivity contribution is -0.131. The minimum Gasteiger partial charge on any atom is -0.478 e. The smallest absolute Gasteiger partial charge is 0.328 e. The quantitative estimate of drug-likeness (QED) is 0.773. The molecule has 16 heavy (non-hydrogen) atoms. The van der Waals surface area contributed by atoms with Crippen LogP contribution in [0.4, 0.5) is 5.95 Å². The van der Waals surface area contributed by atoms with Crippen LogP contribution in [0.1, 0.15) is 18.5 Å². The van der Waals surface area contributed by atoms with Crippen molar-refractivity contribution in [2.45, 2.75) is 12.8 Å². The van der Waals surface area contributed by atoms with Crippen molar-refractivity contribution in [3.05, 3.63) is 24.0 Å². The van der Waals surface area contributed by atoms with E-state index in [-0.39, 0.29) is 0 Å². The van der Waals surface area contributed by atoms with Crippen molar-refractivity contribution in [3.8, 4) is 0 Å². The Labute approximate surface area is 93.4 Å². The lowest BCUT2D eigenvalue weighted by Crippen LogP contribution is -2.20. The Morgan fingerprint density at radius 2 is 2.19 bits per heavy atom. The summed E-state index contributed by atoms with van der Waals surface area (Å²) in [4.78, 5) is 21.0. The molecule has 1 aromatic heterocycles. The summed E-state index contributed by atoms with van der Waals surface area (Å²) in [6.07, 6.45) is 6.54. The first-order chi connectivity index (χ1) is 7.75. The molecular weight excluding hydrogens is 206 g/mol. The van der Waals surface area contributed by atoms with Crippen LogP contribution in [0, 0.1) is 0 Å². The fourth-order valence-corrected chi connectivity index (χ4v) is 1.68. The predicted octanol–water partition coefficient (Wildman–Crippen LogP) is 1.17. The van der Waals surface area contributed by atoms with Crippen LogP contribution in [-0.4, -0.2) is 34.1 Å². The fraction of sp³-hybridized carbons (Fsp3) is 0.364. The number of aromatic nitrogens is 2. The van der Waals surface area contributed by atoms with Crippen molar-refractivity contribution < 1.29 is 9.90 Å². The molecule has 1 saturated heterocycles. The van der Waals surface area contributed by atoms with Crippen LogP contribution in [0.15, 0.2) is 18.3 Å². The third kappa shape index (κ3) is 2.56. The van der Waals surface area contributed by atoms with E-state index >= 15 is 0 Å². The molecule has 0 aliphatic carbocycles. The van der Waals surface area contributed by atoms with Gasteiger partial charge in [-0.05, 0) is 25.0 Å². The summed E-state index contributed by atoms with van der Waals surface area (Å²) in [5, 5.41) is 8.51. The second kappa shape index (κ2) is 4.74. The highest BCUT2D eigenvalue weighted by Gasteiger charge is 2.14. The number of anilines is 1. The molecule has 2 heterocycles. The molecule has 0 atom stereocenters. The first-order valence-corrected chi connectivity index (χ1v) is 5.25. The molecule has 5 nitrogen and oxygen atoms in total. The zero-order valence-electron chi connectivity index (χ0n) is 8.83. The van der Waals surface area contributed by atoms with E-state index in [1.54, 1.807) is 12.3 Å². The van der Waals surface area contributed by atoms with Crippen molar-refractivity contribution >= 4 is 18.0 Å². The van der Waals surface area contributed by atoms with E-state index < -0.39 is 5.97 Å². The highest BCUT2D eigenvalue weighted by molar-refractivity contribution is 5.84. The topological polar surface area (TPSA) is 66.3 Å². The first-order valence-electron chi connectivity index (χ1n) is 5.25. The number of carbonyl (C=O) groups is 1. The zero-order valence-corrected chi connectivity index (χ0v) is 8.83. The van der Waals surface area contributed by atoms with Crippen molar-refractivity contribution in [1.29, 1.82) is 0 Å². The highest BCUT2D eigenvalue weighted by atomic mass is 16.4. The third-order valence-corrected chi connectivity index (χ3v) is 2.45. The molecule has 1 fully saturated rings. The minimum absolute atomic E-state index is 0.624. The highest BCUT2D eigenvalue weighted by Crippen LogP contribution is 2.15. The summed E-state index contributed by atoms with van der Waals surface area (Å²) in [6, 6.07) is 1.69. The SMILES string of the molecule is O=C(O)C=Cc1ccnc(N2CCCC2)n1. The van der Waals surface area contributed by atoms with Gasteiger partial charge in [-0.1, -0.05) is 0 Å². The van der Waals surface area contributed by atoms with Crippen molar-refractivity contribution in [1.82, 2.24) is 9.97 Å². The Morgan fingerprint density at radius 1 is 1.44 bits per heavy atom. The van der Waals surface area contributed by atoms with E-state index in [0.717, 1.165) is 19.2 Å². The van der Waals surface area contributed by atoms with Gasteiger partial charge >= 0.3 is 5.97 Å². The molecule has 2 rings (SSSR count). The number of aliphatic carboxylic acids is 1. The van der Waals surface area contributed by atoms with Gasteiger partial charge in [0, 0.05) is 25.4 Å². The van der Waals surface area contributed by atoms with Crippen LogP contribution < -0.4 is 4.90 Å². The molecule has 0 unspecified atom stereocenters. The molecule has 0 radical (unpaired) electrons. The Morgan fingerprint density at radius 3 is 2.88 bits per heavy atom. The number of nitrogens with zero attached hydrogens (tertiary/aromatic N) is 3. The number of hydrogen-bond donors (Lipinski definition) is 1. The third-order valence-electron chi connectivity index (χ3n) is 2.45. The van der Waals surface area contributed by atoms with E-state index in [1.165, 1.54) is 18.9 Å². The average Bonchev–Trinajstić information content (AvgIpc) is 2.80. The van der Waals surface area contributed by atoms with Crippen LogP contribution in [0.2, 0.25) is 0 Å². The predicted molar refractivity (Wildman–Crippen MR) is 60.1 cm³/mol. The Bertz CT molecular complexity index is 411. The van der Waals surface area contributed by atoms with E-state index in [1.807, 2.05) is 0 Å². The minimum atomic E-state index is -0.971. The lowest BCUT2D eigenvalue weighted by Gasteiger charge is -2.14. The molecule has 1 aromatic rings. The van der Waals surface area contributed by atoms with Crippen molar-refractivity contribution in [2.75, 3.05) is 18.0 Å². The van der Waals surface area contributed by atoms with Gasteiger partial charge in [-0.3, -0.25) is 0 Å². The molecule has 0 aromatic carbocycles. The summed E-state index contributed by atoms with van der Waals surface area (Å²) >= 11 is 0. The maximum absolute atomic E-state index is 10.4. The number of rotatable bonds is 3. The molecule has 84 valence electrons. The van der Waals surface area contributed by atoms with Crippen molar-refractivity contribution in [2.24, 2.45) is 0 Å². The Hall–Kier alpha value is -1.91. The summed E-state index contributed by atoms with van der Waals surface area (Å²) in [5.41, 5.74) is 0.624. The maximum atomic E-state index is 10.4. The van der Waals surface area contributed by atoms with Gasteiger partial charge in [-0.2, -0.15) is 0 Å². The van der Waals surface area contributed by atoms with E-state index in [9.17, 15) is 4.79 Å². The van der Waals surface area contributed by atoms with Gasteiger partial charge < -0.3 is 10.0 Å². The van der Waals surface area contributed by atoms with E-state index in [4.69, 9.17) is 5.11 Å². The monoisotopic (exact) mass is 219 g/mol. The number of carboxylic acid groups (broad SMARTS) is 1. The van der Waals surface area contributed by atoms with Gasteiger partial charge in [0.25, 0.3) is 0 Å². The largest absolute Gasteiger partial charge is 0.478 e. The standard InChI is InChI=1S/C11H13N3O2/c15-10(16)4-3-9-5-6-12-11(13-9)14-7-1-2-8-14/h3-6H,1-2,7-8H2,(H,15,16). The molecule has 1 aliphatic rings. The molecule has 0 spiro atoms. The van der Waals surface area contributed by atoms with E-state index in [2.05, 4.69) is 14.9 Å². The first kappa shape index (κ1) is 10.6. The Kier molecular flexibility index (Phi) is 3.14. The average molecular weight is 219 g/mol. The van der Waals surface area contributed by atoms with Crippen molar-refractivity contribution in [3.63, 3.8) is 0 Å². The van der Waals surface area contributed by atoms with Crippen LogP contribution in [0.3, 0.4) is 0 Å². The summed E-state index contributed by atoms with van der Waals surface area (Å²) in [7, 11) is 0. The van der Waals surface area contributed by atoms with Crippen LogP contribution in [-0.2, 0) is 4.79 Å². The molecule has 0 amide bonds. The number of hydrogen-bond acceptors (Lipinski definition) is 4. The van der Waals surface area contributed by atoms with Crippen LogP contribution in [0.5, 0.6) is 0 Å².